The number of hydrogen-bond donors (Lipinski definition) is 0. The van der Waals surface area contributed by atoms with Crippen LogP contribution in [0.3, 0.4) is 0 Å². The van der Waals surface area contributed by atoms with Gasteiger partial charge >= 0.3 is 16.3 Å². The number of alkyl halides is 3. The number of fused-ring (bicyclic) bond motifs is 1. The van der Waals surface area contributed by atoms with E-state index in [0.29, 0.717) is 6.20 Å². The maximum Gasteiger partial charge on any atom is 0.417 e. The van der Waals surface area contributed by atoms with Crippen molar-refractivity contribution in [2.75, 3.05) is 0 Å². The monoisotopic (exact) mass is 590 g/mol. The van der Waals surface area contributed by atoms with Gasteiger partial charge in [0.15, 0.2) is 11.4 Å². The lowest BCUT2D eigenvalue weighted by Gasteiger charge is -2.16. The van der Waals surface area contributed by atoms with Crippen LogP contribution in [0.2, 0.25) is 0 Å². The van der Waals surface area contributed by atoms with Crippen LogP contribution in [-0.4, -0.2) is 25.8 Å². The lowest BCUT2D eigenvalue weighted by atomic mass is 10.1. The van der Waals surface area contributed by atoms with Gasteiger partial charge in [0, 0.05) is 11.6 Å². The van der Waals surface area contributed by atoms with Crippen LogP contribution in [0.15, 0.2) is 88.8 Å². The zero-order valence-electron chi connectivity index (χ0n) is 21.3. The Morgan fingerprint density at radius 3 is 2.23 bits per heavy atom. The number of benzene rings is 2. The first-order chi connectivity index (χ1) is 18.9. The Morgan fingerprint density at radius 2 is 1.60 bits per heavy atom. The van der Waals surface area contributed by atoms with E-state index in [-0.39, 0.29) is 38.2 Å². The molecule has 12 heteroatoms. The number of hydrogen-bond acceptors (Lipinski definition) is 6. The van der Waals surface area contributed by atoms with Crippen LogP contribution in [0, 0.1) is 12.8 Å². The third-order valence-corrected chi connectivity index (χ3v) is 9.72. The summed E-state index contributed by atoms with van der Waals surface area (Å²) in [6, 6.07) is 15.2. The summed E-state index contributed by atoms with van der Waals surface area (Å²) in [6.07, 6.45) is 0.596. The number of rotatable bonds is 7. The molecule has 7 nitrogen and oxygen atoms in total. The second-order valence-corrected chi connectivity index (χ2v) is 13.0. The van der Waals surface area contributed by atoms with Crippen LogP contribution < -0.4 is 0 Å². The molecule has 0 bridgehead atoms. The van der Waals surface area contributed by atoms with E-state index in [0.717, 1.165) is 41.3 Å². The zero-order valence-corrected chi connectivity index (χ0v) is 22.9. The third kappa shape index (κ3) is 5.50. The minimum Gasteiger partial charge on any atom is -0.377 e. The van der Waals surface area contributed by atoms with Crippen molar-refractivity contribution >= 4 is 36.9 Å². The first-order valence-corrected chi connectivity index (χ1v) is 15.3. The average Bonchev–Trinajstić information content (AvgIpc) is 3.56. The molecule has 1 fully saturated rings. The highest BCUT2D eigenvalue weighted by molar-refractivity contribution is 7.90. The fourth-order valence-electron chi connectivity index (χ4n) is 4.70. The van der Waals surface area contributed by atoms with Gasteiger partial charge in [-0.15, -0.1) is 0 Å². The number of aryl methyl sites for hydroxylation is 1. The number of allylic oxidation sites excluding steroid dienone is 1. The summed E-state index contributed by atoms with van der Waals surface area (Å²) >= 11 is 0. The molecule has 0 spiro atoms. The van der Waals surface area contributed by atoms with Gasteiger partial charge in [-0.1, -0.05) is 48.7 Å². The van der Waals surface area contributed by atoms with Crippen molar-refractivity contribution in [3.8, 4) is 0 Å². The van der Waals surface area contributed by atoms with Crippen molar-refractivity contribution in [3.05, 3.63) is 95.8 Å². The SMILES string of the molecule is Cc1ccc(S(=O)(=O)OC(=CC2CCCC2)c2cc3cc(C(F)(F)F)cnc3n2S(=O)(=O)c2ccccc2)cc1. The second kappa shape index (κ2) is 10.4. The van der Waals surface area contributed by atoms with Crippen LogP contribution in [0.5, 0.6) is 0 Å². The highest BCUT2D eigenvalue weighted by Crippen LogP contribution is 2.37. The molecule has 40 heavy (non-hydrogen) atoms. The van der Waals surface area contributed by atoms with Gasteiger partial charge in [0.25, 0.3) is 10.0 Å². The van der Waals surface area contributed by atoms with Crippen molar-refractivity contribution in [3.63, 3.8) is 0 Å². The molecule has 0 amide bonds. The minimum absolute atomic E-state index is 0.118. The normalized spacial score (nSPS) is 15.6. The van der Waals surface area contributed by atoms with Gasteiger partial charge in [0.2, 0.25) is 0 Å². The van der Waals surface area contributed by atoms with Crippen LogP contribution in [0.4, 0.5) is 13.2 Å². The molecule has 0 radical (unpaired) electrons. The molecule has 2 heterocycles. The number of pyridine rings is 1. The molecule has 1 aliphatic rings. The number of halogens is 3. The second-order valence-electron chi connectivity index (χ2n) is 9.67. The third-order valence-electron chi connectivity index (χ3n) is 6.76. The highest BCUT2D eigenvalue weighted by atomic mass is 32.2. The van der Waals surface area contributed by atoms with Crippen molar-refractivity contribution in [2.24, 2.45) is 5.92 Å². The molecule has 1 aliphatic carbocycles. The van der Waals surface area contributed by atoms with E-state index in [1.807, 2.05) is 0 Å². The van der Waals surface area contributed by atoms with E-state index in [1.54, 1.807) is 31.2 Å². The van der Waals surface area contributed by atoms with Crippen LogP contribution in [0.25, 0.3) is 16.8 Å². The Balaban J connectivity index is 1.76. The Bertz CT molecular complexity index is 1790. The maximum atomic E-state index is 13.9. The van der Waals surface area contributed by atoms with Gasteiger partial charge in [-0.05, 0) is 68.2 Å². The topological polar surface area (TPSA) is 95.3 Å². The molecular weight excluding hydrogens is 565 g/mol. The van der Waals surface area contributed by atoms with E-state index in [4.69, 9.17) is 4.18 Å². The molecule has 0 unspecified atom stereocenters. The van der Waals surface area contributed by atoms with Crippen LogP contribution in [-0.2, 0) is 30.5 Å². The highest BCUT2D eigenvalue weighted by Gasteiger charge is 2.34. The molecule has 4 aromatic rings. The van der Waals surface area contributed by atoms with Crippen molar-refractivity contribution in [2.45, 2.75) is 48.6 Å². The standard InChI is InChI=1S/C28H25F3N2O5S2/c1-19-11-13-24(14-12-19)40(36,37)38-26(15-20-7-5-6-8-20)25-17-21-16-22(28(29,30)31)18-32-27(21)33(25)39(34,35)23-9-3-2-4-10-23/h2-4,9-18,20H,5-8H2,1H3. The molecule has 2 aromatic carbocycles. The summed E-state index contributed by atoms with van der Waals surface area (Å²) in [5, 5.41) is -0.141. The molecule has 0 N–H and O–H groups in total. The number of aromatic nitrogens is 2. The van der Waals surface area contributed by atoms with Crippen molar-refractivity contribution in [1.29, 1.82) is 0 Å². The van der Waals surface area contributed by atoms with E-state index in [1.165, 1.54) is 42.5 Å². The summed E-state index contributed by atoms with van der Waals surface area (Å²) < 4.78 is 101. The number of nitrogens with zero attached hydrogens (tertiary/aromatic N) is 2. The smallest absolute Gasteiger partial charge is 0.377 e. The Hall–Kier alpha value is -3.64. The summed E-state index contributed by atoms with van der Waals surface area (Å²) in [4.78, 5) is 3.56. The summed E-state index contributed by atoms with van der Waals surface area (Å²) in [5.41, 5.74) is -0.787. The van der Waals surface area contributed by atoms with Gasteiger partial charge < -0.3 is 4.18 Å². The Kier molecular flexibility index (Phi) is 7.26. The van der Waals surface area contributed by atoms with Gasteiger partial charge in [0.05, 0.1) is 10.5 Å². The predicted octanol–water partition coefficient (Wildman–Crippen LogP) is 6.54. The summed E-state index contributed by atoms with van der Waals surface area (Å²) in [5.74, 6) is -0.411. The Labute approximate surface area is 230 Å². The molecule has 2 aromatic heterocycles. The largest absolute Gasteiger partial charge is 0.417 e. The van der Waals surface area contributed by atoms with Crippen molar-refractivity contribution in [1.82, 2.24) is 8.96 Å². The van der Waals surface area contributed by atoms with E-state index in [2.05, 4.69) is 4.98 Å². The average molecular weight is 591 g/mol. The molecule has 0 saturated heterocycles. The Morgan fingerprint density at radius 1 is 0.950 bits per heavy atom. The van der Waals surface area contributed by atoms with Crippen LogP contribution in [0.1, 0.15) is 42.5 Å². The van der Waals surface area contributed by atoms with Crippen molar-refractivity contribution < 1.29 is 34.2 Å². The lowest BCUT2D eigenvalue weighted by Crippen LogP contribution is -2.18. The fraction of sp³-hybridized carbons (Fsp3) is 0.250. The molecule has 210 valence electrons. The lowest BCUT2D eigenvalue weighted by molar-refractivity contribution is -0.137. The first-order valence-electron chi connectivity index (χ1n) is 12.5. The summed E-state index contributed by atoms with van der Waals surface area (Å²) in [7, 11) is -8.89. The fourth-order valence-corrected chi connectivity index (χ4v) is 7.14. The molecule has 0 aliphatic heterocycles. The van der Waals surface area contributed by atoms with E-state index in [9.17, 15) is 30.0 Å². The summed E-state index contributed by atoms with van der Waals surface area (Å²) in [6.45, 7) is 1.79. The zero-order chi connectivity index (χ0) is 28.7. The maximum absolute atomic E-state index is 13.9. The molecule has 0 atom stereocenters. The minimum atomic E-state index is -4.73. The van der Waals surface area contributed by atoms with Gasteiger partial charge in [-0.2, -0.15) is 21.6 Å². The van der Waals surface area contributed by atoms with Gasteiger partial charge in [-0.3, -0.25) is 0 Å². The first kappa shape index (κ1) is 27.9. The predicted molar refractivity (Wildman–Crippen MR) is 143 cm³/mol. The van der Waals surface area contributed by atoms with E-state index >= 15 is 0 Å². The molecule has 1 saturated carbocycles. The molecule has 5 rings (SSSR count). The quantitative estimate of drug-likeness (QED) is 0.179. The van der Waals surface area contributed by atoms with Gasteiger partial charge in [0.1, 0.15) is 10.6 Å². The molecular formula is C28H25F3N2O5S2. The van der Waals surface area contributed by atoms with Crippen LogP contribution >= 0.6 is 0 Å². The van der Waals surface area contributed by atoms with Gasteiger partial charge in [-0.25, -0.2) is 17.4 Å². The van der Waals surface area contributed by atoms with E-state index < -0.39 is 31.9 Å².